The van der Waals surface area contributed by atoms with E-state index in [0.29, 0.717) is 36.8 Å². The zero-order valence-corrected chi connectivity index (χ0v) is 27.7. The molecule has 0 unspecified atom stereocenters. The number of ether oxygens (including phenoxy) is 2. The number of carbonyl (C=O) groups excluding carboxylic acids is 3. The molecule has 0 spiro atoms. The maximum absolute atomic E-state index is 13.5. The number of amides is 3. The monoisotopic (exact) mass is 677 g/mol. The summed E-state index contributed by atoms with van der Waals surface area (Å²) in [5, 5.41) is 18.5. The van der Waals surface area contributed by atoms with Crippen molar-refractivity contribution in [3.8, 4) is 22.6 Å². The molecule has 5 rings (SSSR count). The van der Waals surface area contributed by atoms with Gasteiger partial charge in [-0.3, -0.25) is 36.1 Å². The highest BCUT2D eigenvalue weighted by atomic mass is 16.5. The standard InChI is InChI=1S/C38H40N6O6/c1-2-21-49-31-18-16-24-9-3-5-13-28(24)34(31)35-29-14-6-4-10-25(29)17-19-32(35)50-23-33(45)43-30(15-8-20-41-38(39)40)37(47)42-27-12-7-11-26(22-27)36(46)44-48/h3-7,9-14,16-19,22,30,48H,2,8,15,20-21,23H2,1H3,(H,42,47)(H,43,45)(H,44,46)(H4,39,40,41)/p+1/t30-/m1/s1. The number of hydroxylamine groups is 1. The molecule has 5 aromatic rings. The SMILES string of the molecule is CCCOc1ccc2ccccc2c1-c1c(OCC(=O)N[C@H](CCC[NH+]=C(N)N)C(=O)Nc2cccc(C(=O)NO)c2)ccc2ccccc12. The van der Waals surface area contributed by atoms with E-state index in [4.69, 9.17) is 26.1 Å². The van der Waals surface area contributed by atoms with Crippen LogP contribution in [0.15, 0.2) is 97.1 Å². The second-order valence-electron chi connectivity index (χ2n) is 11.6. The number of anilines is 1. The highest BCUT2D eigenvalue weighted by molar-refractivity contribution is 6.10. The van der Waals surface area contributed by atoms with Crippen molar-refractivity contribution < 1.29 is 34.1 Å². The van der Waals surface area contributed by atoms with Crippen molar-refractivity contribution in [3.05, 3.63) is 103 Å². The minimum absolute atomic E-state index is 0.0445. The van der Waals surface area contributed by atoms with E-state index in [2.05, 4.69) is 22.5 Å². The normalized spacial score (nSPS) is 11.4. The summed E-state index contributed by atoms with van der Waals surface area (Å²) in [6.45, 7) is 2.58. The van der Waals surface area contributed by atoms with Gasteiger partial charge in [0.05, 0.1) is 13.2 Å². The number of benzene rings is 5. The molecule has 0 fully saturated rings. The summed E-state index contributed by atoms with van der Waals surface area (Å²) < 4.78 is 12.5. The fourth-order valence-corrected chi connectivity index (χ4v) is 5.69. The van der Waals surface area contributed by atoms with Crippen molar-refractivity contribution in [2.24, 2.45) is 11.5 Å². The molecular formula is C38H41N6O6+. The van der Waals surface area contributed by atoms with Gasteiger partial charge in [-0.25, -0.2) is 5.48 Å². The van der Waals surface area contributed by atoms with Crippen molar-refractivity contribution in [3.63, 3.8) is 0 Å². The summed E-state index contributed by atoms with van der Waals surface area (Å²) in [6.07, 6.45) is 1.52. The molecule has 0 saturated heterocycles. The molecule has 0 heterocycles. The third kappa shape index (κ3) is 8.65. The van der Waals surface area contributed by atoms with Gasteiger partial charge in [-0.15, -0.1) is 0 Å². The number of rotatable bonds is 15. The number of hydrogen-bond donors (Lipinski definition) is 7. The number of fused-ring (bicyclic) bond motifs is 2. The maximum atomic E-state index is 13.5. The predicted molar refractivity (Wildman–Crippen MR) is 193 cm³/mol. The van der Waals surface area contributed by atoms with E-state index in [9.17, 15) is 14.4 Å². The molecule has 3 amide bonds. The first-order valence-corrected chi connectivity index (χ1v) is 16.3. The third-order valence-electron chi connectivity index (χ3n) is 8.00. The lowest BCUT2D eigenvalue weighted by molar-refractivity contribution is -0.459. The van der Waals surface area contributed by atoms with E-state index < -0.39 is 23.8 Å². The van der Waals surface area contributed by atoms with E-state index in [1.807, 2.05) is 72.8 Å². The van der Waals surface area contributed by atoms with Crippen LogP contribution in [0.4, 0.5) is 5.69 Å². The highest BCUT2D eigenvalue weighted by Crippen LogP contribution is 2.45. The number of guanidine groups is 1. The lowest BCUT2D eigenvalue weighted by Crippen LogP contribution is -2.78. The Hall–Kier alpha value is -6.14. The number of nitrogens with two attached hydrogens (primary N) is 2. The van der Waals surface area contributed by atoms with Gasteiger partial charge in [0, 0.05) is 22.4 Å². The van der Waals surface area contributed by atoms with Gasteiger partial charge in [-0.1, -0.05) is 73.7 Å². The van der Waals surface area contributed by atoms with Crippen molar-refractivity contribution >= 4 is 50.9 Å². The fourth-order valence-electron chi connectivity index (χ4n) is 5.69. The van der Waals surface area contributed by atoms with E-state index in [0.717, 1.165) is 39.1 Å². The van der Waals surface area contributed by atoms with Gasteiger partial charge in [-0.2, -0.15) is 0 Å². The highest BCUT2D eigenvalue weighted by Gasteiger charge is 2.23. The van der Waals surface area contributed by atoms with E-state index >= 15 is 0 Å². The van der Waals surface area contributed by atoms with Crippen LogP contribution in [0.2, 0.25) is 0 Å². The lowest BCUT2D eigenvalue weighted by atomic mass is 9.92. The molecule has 0 bridgehead atoms. The quantitative estimate of drug-likeness (QED) is 0.0289. The molecule has 5 aromatic carbocycles. The van der Waals surface area contributed by atoms with Crippen LogP contribution in [0.5, 0.6) is 11.5 Å². The van der Waals surface area contributed by atoms with Crippen LogP contribution in [0.3, 0.4) is 0 Å². The van der Waals surface area contributed by atoms with Crippen LogP contribution < -0.4 is 42.0 Å². The van der Waals surface area contributed by atoms with Gasteiger partial charge in [0.25, 0.3) is 11.8 Å². The van der Waals surface area contributed by atoms with Gasteiger partial charge >= 0.3 is 5.96 Å². The van der Waals surface area contributed by atoms with Gasteiger partial charge in [0.1, 0.15) is 17.5 Å². The molecule has 0 aliphatic rings. The molecular weight excluding hydrogens is 636 g/mol. The van der Waals surface area contributed by atoms with Gasteiger partial charge in [0.15, 0.2) is 6.61 Å². The van der Waals surface area contributed by atoms with Crippen LogP contribution in [-0.4, -0.2) is 54.7 Å². The molecule has 9 N–H and O–H groups in total. The van der Waals surface area contributed by atoms with Crippen molar-refractivity contribution in [1.29, 1.82) is 0 Å². The first-order chi connectivity index (χ1) is 24.3. The van der Waals surface area contributed by atoms with Gasteiger partial charge < -0.3 is 20.1 Å². The Morgan fingerprint density at radius 3 is 2.08 bits per heavy atom. The van der Waals surface area contributed by atoms with E-state index in [-0.39, 0.29) is 24.6 Å². The molecule has 0 aliphatic heterocycles. The summed E-state index contributed by atoms with van der Waals surface area (Å²) in [5.74, 6) is -0.527. The van der Waals surface area contributed by atoms with Crippen LogP contribution in [-0.2, 0) is 9.59 Å². The average molecular weight is 678 g/mol. The molecule has 12 nitrogen and oxygen atoms in total. The smallest absolute Gasteiger partial charge is 0.338 e. The van der Waals surface area contributed by atoms with Crippen molar-refractivity contribution in [2.45, 2.75) is 32.2 Å². The summed E-state index contributed by atoms with van der Waals surface area (Å²) in [6, 6.07) is 28.9. The number of hydrogen-bond acceptors (Lipinski definition) is 6. The topological polar surface area (TPSA) is 192 Å². The van der Waals surface area contributed by atoms with E-state index in [1.165, 1.54) is 12.1 Å². The second kappa shape index (κ2) is 16.8. The largest absolute Gasteiger partial charge is 0.493 e. The molecule has 12 heteroatoms. The molecule has 1 atom stereocenters. The first kappa shape index (κ1) is 35.2. The minimum atomic E-state index is -0.967. The summed E-state index contributed by atoms with van der Waals surface area (Å²) in [5.41, 5.74) is 14.7. The van der Waals surface area contributed by atoms with E-state index in [1.54, 1.807) is 17.6 Å². The minimum Gasteiger partial charge on any atom is -0.493 e. The summed E-state index contributed by atoms with van der Waals surface area (Å²) >= 11 is 0. The number of carbonyl (C=O) groups is 3. The first-order valence-electron chi connectivity index (χ1n) is 16.3. The average Bonchev–Trinajstić information content (AvgIpc) is 3.13. The number of nitrogens with one attached hydrogen (secondary N) is 4. The third-order valence-corrected chi connectivity index (χ3v) is 8.00. The van der Waals surface area contributed by atoms with Crippen molar-refractivity contribution in [2.75, 3.05) is 25.1 Å². The molecule has 258 valence electrons. The predicted octanol–water partition coefficient (Wildman–Crippen LogP) is 3.20. The van der Waals surface area contributed by atoms with Gasteiger partial charge in [0.2, 0.25) is 5.91 Å². The molecule has 0 aliphatic carbocycles. The Kier molecular flexibility index (Phi) is 11.8. The zero-order valence-electron chi connectivity index (χ0n) is 27.7. The Bertz CT molecular complexity index is 2030. The summed E-state index contributed by atoms with van der Waals surface area (Å²) in [4.78, 5) is 41.6. The second-order valence-corrected chi connectivity index (χ2v) is 11.6. The lowest BCUT2D eigenvalue weighted by Gasteiger charge is -2.21. The Morgan fingerprint density at radius 1 is 0.820 bits per heavy atom. The molecule has 0 radical (unpaired) electrons. The Labute approximate surface area is 289 Å². The fraction of sp³-hybridized carbons (Fsp3) is 0.211. The van der Waals surface area contributed by atoms with Crippen LogP contribution >= 0.6 is 0 Å². The molecule has 50 heavy (non-hydrogen) atoms. The van der Waals surface area contributed by atoms with Crippen LogP contribution in [0.25, 0.3) is 32.7 Å². The van der Waals surface area contributed by atoms with Crippen LogP contribution in [0, 0.1) is 0 Å². The zero-order chi connectivity index (χ0) is 35.5. The van der Waals surface area contributed by atoms with Crippen LogP contribution in [0.1, 0.15) is 36.5 Å². The maximum Gasteiger partial charge on any atom is 0.338 e. The van der Waals surface area contributed by atoms with Gasteiger partial charge in [-0.05, 0) is 71.1 Å². The summed E-state index contributed by atoms with van der Waals surface area (Å²) in [7, 11) is 0. The Morgan fingerprint density at radius 2 is 1.46 bits per heavy atom. The van der Waals surface area contributed by atoms with Crippen molar-refractivity contribution in [1.82, 2.24) is 10.8 Å². The molecule has 0 aromatic heterocycles. The Balaban J connectivity index is 1.42. The molecule has 0 saturated carbocycles.